The third-order valence-corrected chi connectivity index (χ3v) is 6.14. The van der Waals surface area contributed by atoms with Crippen molar-refractivity contribution in [2.75, 3.05) is 18.4 Å². The highest BCUT2D eigenvalue weighted by Gasteiger charge is 2.31. The van der Waals surface area contributed by atoms with Gasteiger partial charge in [-0.3, -0.25) is 9.89 Å². The number of nitrogens with one attached hydrogen (secondary N) is 3. The molecule has 3 N–H and O–H groups in total. The Labute approximate surface area is 187 Å². The lowest BCUT2D eigenvalue weighted by Crippen LogP contribution is -2.34. The van der Waals surface area contributed by atoms with Gasteiger partial charge in [-0.2, -0.15) is 5.10 Å². The third kappa shape index (κ3) is 5.04. The Balaban J connectivity index is 1.31. The maximum atomic E-state index is 13.1. The van der Waals surface area contributed by atoms with Gasteiger partial charge in [-0.25, -0.2) is 4.39 Å². The molecule has 0 radical (unpaired) electrons. The molecule has 1 amide bonds. The molecule has 0 spiro atoms. The van der Waals surface area contributed by atoms with Gasteiger partial charge in [0, 0.05) is 54.8 Å². The summed E-state index contributed by atoms with van der Waals surface area (Å²) < 4.78 is 13.1. The number of likely N-dealkylation sites (tertiary alicyclic amines) is 1. The van der Waals surface area contributed by atoms with Crippen LogP contribution in [0.25, 0.3) is 11.1 Å². The summed E-state index contributed by atoms with van der Waals surface area (Å²) >= 11 is 0. The number of rotatable bonds is 8. The number of carbonyl (C=O) groups is 1. The molecule has 3 aromatic rings. The molecule has 2 heterocycles. The quantitative estimate of drug-likeness (QED) is 0.458. The van der Waals surface area contributed by atoms with Gasteiger partial charge >= 0.3 is 0 Å². The number of aromatic nitrogens is 2. The largest absolute Gasteiger partial charge is 0.384 e. The second kappa shape index (κ2) is 9.77. The average molecular weight is 434 g/mol. The fraction of sp³-hybridized carbons (Fsp3) is 0.320. The van der Waals surface area contributed by atoms with Crippen molar-refractivity contribution in [3.8, 4) is 11.1 Å². The van der Waals surface area contributed by atoms with E-state index >= 15 is 0 Å². The van der Waals surface area contributed by atoms with Crippen LogP contribution in [0.5, 0.6) is 0 Å². The van der Waals surface area contributed by atoms with Crippen LogP contribution in [0.4, 0.5) is 10.1 Å². The van der Waals surface area contributed by atoms with Crippen molar-refractivity contribution in [2.24, 2.45) is 5.92 Å². The molecule has 2 aromatic carbocycles. The van der Waals surface area contributed by atoms with Crippen LogP contribution in [0, 0.1) is 17.1 Å². The zero-order chi connectivity index (χ0) is 22.5. The van der Waals surface area contributed by atoms with E-state index in [-0.39, 0.29) is 17.8 Å². The molecule has 0 saturated carbocycles. The Hall–Kier alpha value is -3.48. The number of aryl methyl sites for hydroxylation is 1. The van der Waals surface area contributed by atoms with Gasteiger partial charge in [0.2, 0.25) is 5.91 Å². The highest BCUT2D eigenvalue weighted by atomic mass is 19.1. The Morgan fingerprint density at radius 3 is 2.81 bits per heavy atom. The van der Waals surface area contributed by atoms with Crippen LogP contribution in [-0.2, 0) is 11.2 Å². The summed E-state index contributed by atoms with van der Waals surface area (Å²) in [5, 5.41) is 18.0. The minimum Gasteiger partial charge on any atom is -0.384 e. The van der Waals surface area contributed by atoms with E-state index in [9.17, 15) is 9.18 Å². The fourth-order valence-corrected chi connectivity index (χ4v) is 4.37. The van der Waals surface area contributed by atoms with E-state index in [2.05, 4.69) is 22.4 Å². The SMILES string of the molecule is CC1CC(CNc2ccc(-c3cn[nH]c3)cc2C=N)CN1C(=O)CCc1ccc(F)cc1. The molecular weight excluding hydrogens is 405 g/mol. The molecular formula is C25H28FN5O. The minimum atomic E-state index is -0.258. The summed E-state index contributed by atoms with van der Waals surface area (Å²) in [6, 6.07) is 12.5. The van der Waals surface area contributed by atoms with Gasteiger partial charge in [0.05, 0.1) is 6.20 Å². The van der Waals surface area contributed by atoms with Crippen molar-refractivity contribution < 1.29 is 9.18 Å². The lowest BCUT2D eigenvalue weighted by atomic mass is 10.0. The lowest BCUT2D eigenvalue weighted by Gasteiger charge is -2.21. The summed E-state index contributed by atoms with van der Waals surface area (Å²) in [6.45, 7) is 3.57. The number of halogens is 1. The molecule has 0 aliphatic carbocycles. The standard InChI is InChI=1S/C25H28FN5O/c1-17-10-19(16-31(17)25(32)9-4-18-2-6-23(26)7-3-18)13-28-24-8-5-20(11-21(24)12-27)22-14-29-30-15-22/h2-3,5-8,11-12,14-15,17,19,27-28H,4,9-10,13,16H2,1H3,(H,29,30). The summed E-state index contributed by atoms with van der Waals surface area (Å²) in [6.07, 6.45) is 6.95. The van der Waals surface area contributed by atoms with Crippen molar-refractivity contribution in [3.05, 3.63) is 71.8 Å². The van der Waals surface area contributed by atoms with E-state index in [1.807, 2.05) is 29.3 Å². The molecule has 32 heavy (non-hydrogen) atoms. The number of anilines is 1. The van der Waals surface area contributed by atoms with E-state index in [1.165, 1.54) is 18.3 Å². The second-order valence-corrected chi connectivity index (χ2v) is 8.44. The van der Waals surface area contributed by atoms with E-state index in [0.717, 1.165) is 47.5 Å². The summed E-state index contributed by atoms with van der Waals surface area (Å²) in [7, 11) is 0. The first-order chi connectivity index (χ1) is 15.5. The zero-order valence-electron chi connectivity index (χ0n) is 18.1. The minimum absolute atomic E-state index is 0.147. The predicted molar refractivity (Wildman–Crippen MR) is 124 cm³/mol. The summed E-state index contributed by atoms with van der Waals surface area (Å²) in [5.41, 5.74) is 4.71. The predicted octanol–water partition coefficient (Wildman–Crippen LogP) is 4.50. The van der Waals surface area contributed by atoms with Gasteiger partial charge in [-0.1, -0.05) is 18.2 Å². The van der Waals surface area contributed by atoms with Crippen molar-refractivity contribution >= 4 is 17.8 Å². The third-order valence-electron chi connectivity index (χ3n) is 6.14. The maximum Gasteiger partial charge on any atom is 0.223 e. The molecule has 6 nitrogen and oxygen atoms in total. The normalized spacial score (nSPS) is 18.0. The Bertz CT molecular complexity index is 1060. The summed E-state index contributed by atoms with van der Waals surface area (Å²) in [4.78, 5) is 14.7. The Morgan fingerprint density at radius 1 is 1.28 bits per heavy atom. The summed E-state index contributed by atoms with van der Waals surface area (Å²) in [5.74, 6) is 0.242. The van der Waals surface area contributed by atoms with E-state index in [4.69, 9.17) is 5.41 Å². The highest BCUT2D eigenvalue weighted by molar-refractivity contribution is 5.88. The van der Waals surface area contributed by atoms with Crippen LogP contribution in [0.3, 0.4) is 0 Å². The van der Waals surface area contributed by atoms with Crippen molar-refractivity contribution in [2.45, 2.75) is 32.2 Å². The molecule has 1 saturated heterocycles. The smallest absolute Gasteiger partial charge is 0.223 e. The maximum absolute atomic E-state index is 13.1. The molecule has 1 aliphatic heterocycles. The topological polar surface area (TPSA) is 84.9 Å². The first kappa shape index (κ1) is 21.7. The van der Waals surface area contributed by atoms with Crippen molar-refractivity contribution in [3.63, 3.8) is 0 Å². The first-order valence-electron chi connectivity index (χ1n) is 10.9. The molecule has 1 aliphatic rings. The molecule has 2 atom stereocenters. The van der Waals surface area contributed by atoms with Crippen LogP contribution >= 0.6 is 0 Å². The Morgan fingerprint density at radius 2 is 2.09 bits per heavy atom. The van der Waals surface area contributed by atoms with Gasteiger partial charge in [0.1, 0.15) is 5.82 Å². The van der Waals surface area contributed by atoms with Crippen LogP contribution in [-0.4, -0.2) is 46.4 Å². The van der Waals surface area contributed by atoms with Crippen LogP contribution in [0.15, 0.2) is 54.9 Å². The lowest BCUT2D eigenvalue weighted by molar-refractivity contribution is -0.131. The zero-order valence-corrected chi connectivity index (χ0v) is 18.1. The molecule has 4 rings (SSSR count). The van der Waals surface area contributed by atoms with E-state index in [1.54, 1.807) is 18.3 Å². The van der Waals surface area contributed by atoms with Gasteiger partial charge in [-0.05, 0) is 61.1 Å². The van der Waals surface area contributed by atoms with Crippen LogP contribution in [0.1, 0.15) is 30.9 Å². The molecule has 1 aromatic heterocycles. The number of H-pyrrole nitrogens is 1. The average Bonchev–Trinajstić information content (AvgIpc) is 3.47. The number of carbonyl (C=O) groups excluding carboxylic acids is 1. The molecule has 2 unspecified atom stereocenters. The fourth-order valence-electron chi connectivity index (χ4n) is 4.37. The van der Waals surface area contributed by atoms with Crippen molar-refractivity contribution in [1.82, 2.24) is 15.1 Å². The van der Waals surface area contributed by atoms with Gasteiger partial charge in [-0.15, -0.1) is 0 Å². The van der Waals surface area contributed by atoms with E-state index in [0.29, 0.717) is 18.8 Å². The first-order valence-corrected chi connectivity index (χ1v) is 10.9. The monoisotopic (exact) mass is 433 g/mol. The number of hydrogen-bond donors (Lipinski definition) is 3. The van der Waals surface area contributed by atoms with Gasteiger partial charge in [0.25, 0.3) is 0 Å². The van der Waals surface area contributed by atoms with E-state index < -0.39 is 0 Å². The number of benzene rings is 2. The number of amides is 1. The van der Waals surface area contributed by atoms with Gasteiger partial charge in [0.15, 0.2) is 0 Å². The second-order valence-electron chi connectivity index (χ2n) is 8.44. The highest BCUT2D eigenvalue weighted by Crippen LogP contribution is 2.27. The number of hydrogen-bond acceptors (Lipinski definition) is 4. The number of aromatic amines is 1. The van der Waals surface area contributed by atoms with Gasteiger partial charge < -0.3 is 15.6 Å². The molecule has 0 bridgehead atoms. The number of nitrogens with zero attached hydrogens (tertiary/aromatic N) is 2. The van der Waals surface area contributed by atoms with Crippen LogP contribution in [0.2, 0.25) is 0 Å². The Kier molecular flexibility index (Phi) is 6.63. The van der Waals surface area contributed by atoms with Crippen LogP contribution < -0.4 is 5.32 Å². The molecule has 1 fully saturated rings. The van der Waals surface area contributed by atoms with Crippen molar-refractivity contribution in [1.29, 1.82) is 5.41 Å². The molecule has 166 valence electrons. The molecule has 7 heteroatoms.